The number of nitrogens with one attached hydrogen (secondary N) is 1. The molecule has 5 nitrogen and oxygen atoms in total. The van der Waals surface area contributed by atoms with Crippen molar-refractivity contribution in [1.82, 2.24) is 5.32 Å². The van der Waals surface area contributed by atoms with Crippen LogP contribution in [0.15, 0.2) is 5.16 Å². The third kappa shape index (κ3) is 4.05. The average molecular weight is 215 g/mol. The zero-order chi connectivity index (χ0) is 11.3. The lowest BCUT2D eigenvalue weighted by Gasteiger charge is -2.25. The minimum absolute atomic E-state index is 0.116. The number of aliphatic hydroxyl groups is 1. The Kier molecular flexibility index (Phi) is 4.35. The van der Waals surface area contributed by atoms with E-state index in [0.29, 0.717) is 13.0 Å². The van der Waals surface area contributed by atoms with Crippen molar-refractivity contribution in [2.24, 2.45) is 10.9 Å². The molecule has 0 aromatic rings. The number of nitrogens with zero attached hydrogens (tertiary/aromatic N) is 1. The number of hydrogen-bond acceptors (Lipinski definition) is 4. The summed E-state index contributed by atoms with van der Waals surface area (Å²) in [5.41, 5.74) is 4.85. The smallest absolute Gasteiger partial charge is 0.140 e. The van der Waals surface area contributed by atoms with Gasteiger partial charge in [-0.3, -0.25) is 0 Å². The van der Waals surface area contributed by atoms with E-state index in [-0.39, 0.29) is 11.9 Å². The topological polar surface area (TPSA) is 90.9 Å². The number of hydrogen-bond donors (Lipinski definition) is 4. The van der Waals surface area contributed by atoms with Gasteiger partial charge in [-0.15, -0.1) is 0 Å². The van der Waals surface area contributed by atoms with E-state index in [1.165, 1.54) is 0 Å². The quantitative estimate of drug-likeness (QED) is 0.231. The molecule has 0 aliphatic heterocycles. The molecule has 0 aromatic carbocycles. The van der Waals surface area contributed by atoms with E-state index in [9.17, 15) is 5.11 Å². The zero-order valence-electron chi connectivity index (χ0n) is 9.24. The summed E-state index contributed by atoms with van der Waals surface area (Å²) < 4.78 is 0. The summed E-state index contributed by atoms with van der Waals surface area (Å²) in [7, 11) is 0. The Morgan fingerprint density at radius 1 is 1.53 bits per heavy atom. The molecule has 0 radical (unpaired) electrons. The third-order valence-corrected chi connectivity index (χ3v) is 2.96. The second-order valence-electron chi connectivity index (χ2n) is 4.51. The van der Waals surface area contributed by atoms with Crippen molar-refractivity contribution < 1.29 is 10.3 Å². The van der Waals surface area contributed by atoms with Gasteiger partial charge in [-0.25, -0.2) is 0 Å². The highest BCUT2D eigenvalue weighted by Gasteiger charge is 2.30. The Balaban J connectivity index is 2.24. The summed E-state index contributed by atoms with van der Waals surface area (Å²) in [6, 6.07) is 0.116. The highest BCUT2D eigenvalue weighted by Crippen LogP contribution is 2.28. The molecular weight excluding hydrogens is 194 g/mol. The Morgan fingerprint density at radius 3 is 2.67 bits per heavy atom. The van der Waals surface area contributed by atoms with Crippen LogP contribution < -0.4 is 11.1 Å². The third-order valence-electron chi connectivity index (χ3n) is 2.96. The lowest BCUT2D eigenvalue weighted by molar-refractivity contribution is 0.0455. The molecule has 1 rings (SSSR count). The largest absolute Gasteiger partial charge is 0.409 e. The maximum Gasteiger partial charge on any atom is 0.140 e. The first-order valence-corrected chi connectivity index (χ1v) is 5.48. The minimum Gasteiger partial charge on any atom is -0.409 e. The summed E-state index contributed by atoms with van der Waals surface area (Å²) in [5.74, 6) is 0.216. The van der Waals surface area contributed by atoms with Gasteiger partial charge in [-0.05, 0) is 19.8 Å². The summed E-state index contributed by atoms with van der Waals surface area (Å²) in [6.45, 7) is 2.54. The standard InChI is InChI=1S/C10H21N3O2/c1-8(6-9(11)13-15)12-7-10(14)4-2-3-5-10/h8,12,14-15H,2-7H2,1H3,(H2,11,13). The number of amidine groups is 1. The fourth-order valence-corrected chi connectivity index (χ4v) is 2.00. The van der Waals surface area contributed by atoms with Crippen molar-refractivity contribution in [2.75, 3.05) is 6.54 Å². The second-order valence-corrected chi connectivity index (χ2v) is 4.51. The van der Waals surface area contributed by atoms with Crippen molar-refractivity contribution in [1.29, 1.82) is 0 Å². The molecule has 1 aliphatic carbocycles. The lowest BCUT2D eigenvalue weighted by Crippen LogP contribution is -2.42. The van der Waals surface area contributed by atoms with Gasteiger partial charge in [0.2, 0.25) is 0 Å². The van der Waals surface area contributed by atoms with Gasteiger partial charge >= 0.3 is 0 Å². The van der Waals surface area contributed by atoms with Gasteiger partial charge in [0, 0.05) is 19.0 Å². The highest BCUT2D eigenvalue weighted by molar-refractivity contribution is 5.80. The maximum absolute atomic E-state index is 10.1. The van der Waals surface area contributed by atoms with Crippen LogP contribution in [0.4, 0.5) is 0 Å². The summed E-state index contributed by atoms with van der Waals surface area (Å²) in [4.78, 5) is 0. The maximum atomic E-state index is 10.1. The summed E-state index contributed by atoms with van der Waals surface area (Å²) in [5, 5.41) is 24.6. The van der Waals surface area contributed by atoms with Gasteiger partial charge in [0.05, 0.1) is 5.60 Å². The SMILES string of the molecule is CC(CC(N)=NO)NCC1(O)CCCC1. The normalized spacial score (nSPS) is 22.9. The Hall–Kier alpha value is -0.810. The first-order valence-electron chi connectivity index (χ1n) is 5.48. The molecular formula is C10H21N3O2. The molecule has 1 aliphatic rings. The molecule has 0 bridgehead atoms. The highest BCUT2D eigenvalue weighted by atomic mass is 16.4. The first-order chi connectivity index (χ1) is 7.06. The van der Waals surface area contributed by atoms with E-state index < -0.39 is 5.60 Å². The van der Waals surface area contributed by atoms with Crippen LogP contribution in [0.3, 0.4) is 0 Å². The minimum atomic E-state index is -0.542. The molecule has 0 saturated heterocycles. The Labute approximate surface area is 90.3 Å². The Bertz CT molecular complexity index is 225. The van der Waals surface area contributed by atoms with Crippen LogP contribution >= 0.6 is 0 Å². The van der Waals surface area contributed by atoms with Crippen LogP contribution in [0.1, 0.15) is 39.0 Å². The van der Waals surface area contributed by atoms with Crippen molar-refractivity contribution >= 4 is 5.84 Å². The van der Waals surface area contributed by atoms with Gasteiger partial charge in [0.15, 0.2) is 0 Å². The van der Waals surface area contributed by atoms with Gasteiger partial charge in [-0.1, -0.05) is 18.0 Å². The average Bonchev–Trinajstić information content (AvgIpc) is 2.63. The number of nitrogens with two attached hydrogens (primary N) is 1. The molecule has 0 aromatic heterocycles. The van der Waals surface area contributed by atoms with Crippen LogP contribution in [0.25, 0.3) is 0 Å². The molecule has 5 heteroatoms. The molecule has 0 heterocycles. The van der Waals surface area contributed by atoms with Crippen molar-refractivity contribution in [3.8, 4) is 0 Å². The molecule has 5 N–H and O–H groups in total. The fraction of sp³-hybridized carbons (Fsp3) is 0.900. The van der Waals surface area contributed by atoms with Gasteiger partial charge in [0.1, 0.15) is 5.84 Å². The van der Waals surface area contributed by atoms with Crippen molar-refractivity contribution in [2.45, 2.75) is 50.7 Å². The predicted octanol–water partition coefficient (Wildman–Crippen LogP) is 0.406. The van der Waals surface area contributed by atoms with Gasteiger partial charge in [-0.2, -0.15) is 0 Å². The van der Waals surface area contributed by atoms with E-state index in [1.807, 2.05) is 6.92 Å². The molecule has 1 atom stereocenters. The summed E-state index contributed by atoms with van der Waals surface area (Å²) in [6.07, 6.45) is 4.44. The molecule has 1 unspecified atom stereocenters. The fourth-order valence-electron chi connectivity index (χ4n) is 2.00. The lowest BCUT2D eigenvalue weighted by atomic mass is 10.0. The van der Waals surface area contributed by atoms with Gasteiger partial charge < -0.3 is 21.4 Å². The number of oxime groups is 1. The molecule has 1 saturated carbocycles. The zero-order valence-corrected chi connectivity index (χ0v) is 9.24. The van der Waals surface area contributed by atoms with E-state index in [2.05, 4.69) is 10.5 Å². The molecule has 88 valence electrons. The van der Waals surface area contributed by atoms with Crippen LogP contribution in [-0.2, 0) is 0 Å². The van der Waals surface area contributed by atoms with Gasteiger partial charge in [0.25, 0.3) is 0 Å². The van der Waals surface area contributed by atoms with E-state index in [1.54, 1.807) is 0 Å². The molecule has 1 fully saturated rings. The number of rotatable bonds is 5. The van der Waals surface area contributed by atoms with Crippen molar-refractivity contribution in [3.63, 3.8) is 0 Å². The van der Waals surface area contributed by atoms with Crippen LogP contribution in [0.2, 0.25) is 0 Å². The molecule has 0 spiro atoms. The summed E-state index contributed by atoms with van der Waals surface area (Å²) >= 11 is 0. The van der Waals surface area contributed by atoms with Crippen molar-refractivity contribution in [3.05, 3.63) is 0 Å². The first kappa shape index (κ1) is 12.3. The van der Waals surface area contributed by atoms with E-state index in [4.69, 9.17) is 10.9 Å². The van der Waals surface area contributed by atoms with Crippen LogP contribution in [0.5, 0.6) is 0 Å². The van der Waals surface area contributed by atoms with E-state index in [0.717, 1.165) is 25.7 Å². The second kappa shape index (κ2) is 5.32. The monoisotopic (exact) mass is 215 g/mol. The van der Waals surface area contributed by atoms with Crippen LogP contribution in [0, 0.1) is 0 Å². The van der Waals surface area contributed by atoms with Crippen LogP contribution in [-0.4, -0.2) is 34.3 Å². The Morgan fingerprint density at radius 2 is 2.13 bits per heavy atom. The molecule has 0 amide bonds. The predicted molar refractivity (Wildman–Crippen MR) is 58.9 cm³/mol. The van der Waals surface area contributed by atoms with E-state index >= 15 is 0 Å². The molecule has 15 heavy (non-hydrogen) atoms.